The van der Waals surface area contributed by atoms with E-state index in [4.69, 9.17) is 5.10 Å². The first-order valence-corrected chi connectivity index (χ1v) is 12.2. The van der Waals surface area contributed by atoms with Crippen molar-refractivity contribution in [1.29, 1.82) is 0 Å². The molecule has 1 amide bonds. The van der Waals surface area contributed by atoms with Gasteiger partial charge in [-0.15, -0.1) is 5.10 Å². The smallest absolute Gasteiger partial charge is 0.222 e. The summed E-state index contributed by atoms with van der Waals surface area (Å²) in [5.41, 5.74) is -0.199. The normalized spacial score (nSPS) is 18.6. The zero-order valence-corrected chi connectivity index (χ0v) is 21.7. The first-order valence-electron chi connectivity index (χ1n) is 12.2. The number of alkyl halides is 1. The predicted molar refractivity (Wildman–Crippen MR) is 136 cm³/mol. The summed E-state index contributed by atoms with van der Waals surface area (Å²) in [5.74, 6) is 1.61. The Balaban J connectivity index is 1.89. The molecule has 4 heterocycles. The summed E-state index contributed by atoms with van der Waals surface area (Å²) in [6, 6.07) is 3.62. The van der Waals surface area contributed by atoms with E-state index in [0.717, 1.165) is 48.5 Å². The summed E-state index contributed by atoms with van der Waals surface area (Å²) in [6.07, 6.45) is 3.38. The molecule has 9 nitrogen and oxygen atoms in total. The van der Waals surface area contributed by atoms with Crippen LogP contribution in [0.4, 0.5) is 16.0 Å². The molecule has 1 saturated heterocycles. The van der Waals surface area contributed by atoms with Gasteiger partial charge in [-0.3, -0.25) is 9.69 Å². The zero-order chi connectivity index (χ0) is 25.5. The van der Waals surface area contributed by atoms with E-state index in [-0.39, 0.29) is 17.3 Å². The number of anilines is 2. The number of carbonyl (C=O) groups excluding carboxylic acids is 1. The van der Waals surface area contributed by atoms with Gasteiger partial charge in [-0.05, 0) is 47.2 Å². The maximum Gasteiger partial charge on any atom is 0.222 e. The van der Waals surface area contributed by atoms with E-state index >= 15 is 0 Å². The van der Waals surface area contributed by atoms with Gasteiger partial charge in [-0.25, -0.2) is 24.0 Å². The van der Waals surface area contributed by atoms with Gasteiger partial charge in [0.05, 0.1) is 10.9 Å². The largest absolute Gasteiger partial charge is 0.353 e. The third kappa shape index (κ3) is 4.84. The Morgan fingerprint density at radius 3 is 2.66 bits per heavy atom. The number of amides is 1. The molecule has 0 radical (unpaired) electrons. The molecular weight excluding hydrogens is 447 g/mol. The van der Waals surface area contributed by atoms with Crippen LogP contribution in [0.15, 0.2) is 18.3 Å². The van der Waals surface area contributed by atoms with Crippen LogP contribution in [0.1, 0.15) is 59.5 Å². The molecular formula is C25H35FN8O. The molecule has 188 valence electrons. The summed E-state index contributed by atoms with van der Waals surface area (Å²) in [4.78, 5) is 29.7. The van der Waals surface area contributed by atoms with Crippen LogP contribution in [0.25, 0.3) is 16.7 Å². The van der Waals surface area contributed by atoms with Crippen molar-refractivity contribution in [2.24, 2.45) is 0 Å². The fraction of sp³-hybridized carbons (Fsp3) is 0.560. The fourth-order valence-corrected chi connectivity index (χ4v) is 4.51. The minimum Gasteiger partial charge on any atom is -0.353 e. The number of nitrogens with zero attached hydrogens (tertiary/aromatic N) is 7. The van der Waals surface area contributed by atoms with E-state index in [0.29, 0.717) is 18.1 Å². The second-order valence-corrected chi connectivity index (χ2v) is 10.1. The first kappa shape index (κ1) is 25.0. The molecule has 1 aliphatic heterocycles. The van der Waals surface area contributed by atoms with E-state index in [2.05, 4.69) is 51.0 Å². The monoisotopic (exact) mass is 482 g/mol. The van der Waals surface area contributed by atoms with Crippen LogP contribution in [0.5, 0.6) is 0 Å². The lowest BCUT2D eigenvalue weighted by Crippen LogP contribution is -2.46. The van der Waals surface area contributed by atoms with Crippen molar-refractivity contribution in [3.63, 3.8) is 0 Å². The van der Waals surface area contributed by atoms with Crippen molar-refractivity contribution in [2.75, 3.05) is 36.9 Å². The van der Waals surface area contributed by atoms with Crippen molar-refractivity contribution in [2.45, 2.75) is 65.6 Å². The molecule has 1 N–H and O–H groups in total. The van der Waals surface area contributed by atoms with Crippen LogP contribution in [-0.4, -0.2) is 67.8 Å². The van der Waals surface area contributed by atoms with Crippen LogP contribution in [0.2, 0.25) is 0 Å². The summed E-state index contributed by atoms with van der Waals surface area (Å²) in [5, 5.41) is 8.56. The average Bonchev–Trinajstić information content (AvgIpc) is 3.38. The van der Waals surface area contributed by atoms with Crippen molar-refractivity contribution < 1.29 is 9.18 Å². The van der Waals surface area contributed by atoms with Gasteiger partial charge >= 0.3 is 0 Å². The third-order valence-corrected chi connectivity index (χ3v) is 6.87. The van der Waals surface area contributed by atoms with Gasteiger partial charge in [0, 0.05) is 49.6 Å². The molecule has 35 heavy (non-hydrogen) atoms. The second kappa shape index (κ2) is 9.14. The molecule has 0 unspecified atom stereocenters. The van der Waals surface area contributed by atoms with Gasteiger partial charge in [0.25, 0.3) is 0 Å². The molecule has 10 heteroatoms. The van der Waals surface area contributed by atoms with Gasteiger partial charge < -0.3 is 10.2 Å². The highest BCUT2D eigenvalue weighted by Crippen LogP contribution is 2.35. The number of aromatic nitrogens is 5. The minimum absolute atomic E-state index is 0.0319. The number of pyridine rings is 1. The highest BCUT2D eigenvalue weighted by molar-refractivity contribution is 5.95. The molecule has 1 aliphatic rings. The minimum atomic E-state index is -1.70. The Labute approximate surface area is 205 Å². The number of rotatable bonds is 7. The fourth-order valence-electron chi connectivity index (χ4n) is 4.51. The zero-order valence-electron chi connectivity index (χ0n) is 21.7. The van der Waals surface area contributed by atoms with E-state index in [9.17, 15) is 9.18 Å². The number of hydrogen-bond acceptors (Lipinski definition) is 7. The lowest BCUT2D eigenvalue weighted by Gasteiger charge is -2.34. The van der Waals surface area contributed by atoms with Crippen LogP contribution >= 0.6 is 0 Å². The number of hydrogen-bond donors (Lipinski definition) is 1. The number of nitrogens with one attached hydrogen (secondary N) is 1. The van der Waals surface area contributed by atoms with Crippen LogP contribution in [-0.2, 0) is 16.9 Å². The number of aryl methyl sites for hydroxylation is 1. The van der Waals surface area contributed by atoms with Gasteiger partial charge in [-0.2, -0.15) is 0 Å². The predicted octanol–water partition coefficient (Wildman–Crippen LogP) is 3.86. The lowest BCUT2D eigenvalue weighted by atomic mass is 10.00. The Kier molecular flexibility index (Phi) is 6.52. The summed E-state index contributed by atoms with van der Waals surface area (Å²) < 4.78 is 16.6. The van der Waals surface area contributed by atoms with Gasteiger partial charge in [-0.1, -0.05) is 13.8 Å². The molecule has 1 fully saturated rings. The first-order chi connectivity index (χ1) is 16.4. The third-order valence-electron chi connectivity index (χ3n) is 6.87. The van der Waals surface area contributed by atoms with E-state index < -0.39 is 5.67 Å². The van der Waals surface area contributed by atoms with Crippen molar-refractivity contribution >= 4 is 28.4 Å². The highest BCUT2D eigenvalue weighted by Gasteiger charge is 2.38. The van der Waals surface area contributed by atoms with E-state index in [1.165, 1.54) is 20.8 Å². The standard InChI is InChI=1S/C25H35FN8O/c1-8-17-12-21(30-23(29-17)24(4,5)26)34-19-13-20(28-16(3)35)27-14-18(19)22(31-34)33-11-10-25(6,15-33)32(7)9-2/h12-14H,8-11,15H2,1-7H3,(H,27,28,35)/t25-/m1/s1. The summed E-state index contributed by atoms with van der Waals surface area (Å²) in [7, 11) is 2.15. The van der Waals surface area contributed by atoms with E-state index in [1.54, 1.807) is 16.9 Å². The highest BCUT2D eigenvalue weighted by atomic mass is 19.1. The molecule has 0 saturated carbocycles. The maximum absolute atomic E-state index is 14.9. The van der Waals surface area contributed by atoms with Gasteiger partial charge in [0.15, 0.2) is 23.1 Å². The molecule has 0 aromatic carbocycles. The van der Waals surface area contributed by atoms with Gasteiger partial charge in [0.2, 0.25) is 5.91 Å². The number of halogens is 1. The molecule has 1 atom stereocenters. The quantitative estimate of drug-likeness (QED) is 0.547. The number of carbonyl (C=O) groups is 1. The maximum atomic E-state index is 14.9. The van der Waals surface area contributed by atoms with E-state index in [1.807, 2.05) is 13.0 Å². The van der Waals surface area contributed by atoms with Gasteiger partial charge in [0.1, 0.15) is 5.82 Å². The molecule has 0 spiro atoms. The molecule has 0 aliphatic carbocycles. The Morgan fingerprint density at radius 1 is 1.29 bits per heavy atom. The second-order valence-electron chi connectivity index (χ2n) is 10.1. The number of fused-ring (bicyclic) bond motifs is 1. The Hall–Kier alpha value is -3.14. The van der Waals surface area contributed by atoms with Crippen molar-refractivity contribution in [3.8, 4) is 5.82 Å². The van der Waals surface area contributed by atoms with Crippen LogP contribution in [0, 0.1) is 0 Å². The number of likely N-dealkylation sites (N-methyl/N-ethyl adjacent to an activating group) is 1. The van der Waals surface area contributed by atoms with Crippen LogP contribution in [0.3, 0.4) is 0 Å². The van der Waals surface area contributed by atoms with Crippen molar-refractivity contribution in [1.82, 2.24) is 29.6 Å². The lowest BCUT2D eigenvalue weighted by molar-refractivity contribution is -0.114. The Bertz CT molecular complexity index is 1250. The molecule has 4 rings (SSSR count). The SMILES string of the molecule is CCc1cc(-n2nc(N3CC[C@@](C)(N(C)CC)C3)c3cnc(NC(C)=O)cc32)nc(C(C)(C)F)n1. The molecule has 0 bridgehead atoms. The summed E-state index contributed by atoms with van der Waals surface area (Å²) in [6.45, 7) is 13.4. The topological polar surface area (TPSA) is 92.1 Å². The Morgan fingerprint density at radius 2 is 2.03 bits per heavy atom. The van der Waals surface area contributed by atoms with Crippen molar-refractivity contribution in [3.05, 3.63) is 29.8 Å². The molecule has 3 aromatic rings. The summed E-state index contributed by atoms with van der Waals surface area (Å²) >= 11 is 0. The average molecular weight is 483 g/mol. The molecule has 3 aromatic heterocycles. The van der Waals surface area contributed by atoms with Crippen LogP contribution < -0.4 is 10.2 Å².